The van der Waals surface area contributed by atoms with Gasteiger partial charge in [-0.05, 0) is 23.8 Å². The zero-order chi connectivity index (χ0) is 22.1. The van der Waals surface area contributed by atoms with Crippen LogP contribution in [0.1, 0.15) is 24.0 Å². The second-order valence-electron chi connectivity index (χ2n) is 6.16. The van der Waals surface area contributed by atoms with Crippen molar-refractivity contribution >= 4 is 35.1 Å². The van der Waals surface area contributed by atoms with Gasteiger partial charge >= 0.3 is 12.1 Å². The van der Waals surface area contributed by atoms with Crippen LogP contribution in [0.4, 0.5) is 18.9 Å². The van der Waals surface area contributed by atoms with Crippen LogP contribution in [0.2, 0.25) is 5.02 Å². The number of esters is 1. The van der Waals surface area contributed by atoms with Gasteiger partial charge in [-0.3, -0.25) is 14.4 Å². The van der Waals surface area contributed by atoms with Crippen LogP contribution in [-0.4, -0.2) is 24.4 Å². The number of amides is 2. The number of halogens is 4. The molecule has 0 fully saturated rings. The molecule has 0 unspecified atom stereocenters. The Bertz CT molecular complexity index is 905. The molecule has 2 N–H and O–H groups in total. The Hall–Kier alpha value is -3.07. The topological polar surface area (TPSA) is 84.5 Å². The van der Waals surface area contributed by atoms with Crippen molar-refractivity contribution < 1.29 is 32.3 Å². The van der Waals surface area contributed by atoms with Crippen LogP contribution >= 0.6 is 11.6 Å². The zero-order valence-corrected chi connectivity index (χ0v) is 16.3. The molecule has 30 heavy (non-hydrogen) atoms. The molecule has 0 saturated carbocycles. The first-order chi connectivity index (χ1) is 14.1. The van der Waals surface area contributed by atoms with Crippen LogP contribution in [0.25, 0.3) is 0 Å². The van der Waals surface area contributed by atoms with E-state index in [1.807, 2.05) is 30.3 Å². The molecule has 0 heterocycles. The summed E-state index contributed by atoms with van der Waals surface area (Å²) in [5.41, 5.74) is -0.341. The van der Waals surface area contributed by atoms with E-state index in [1.54, 1.807) is 0 Å². The molecule has 0 radical (unpaired) electrons. The average molecular weight is 443 g/mol. The van der Waals surface area contributed by atoms with Gasteiger partial charge in [-0.1, -0.05) is 41.9 Å². The molecule has 0 aromatic heterocycles. The molecular formula is C20H18ClF3N2O4. The number of carbonyl (C=O) groups excluding carboxylic acids is 3. The maximum atomic E-state index is 12.7. The molecule has 0 spiro atoms. The Morgan fingerprint density at radius 2 is 1.67 bits per heavy atom. The number of alkyl halides is 3. The second-order valence-corrected chi connectivity index (χ2v) is 6.57. The lowest BCUT2D eigenvalue weighted by atomic mass is 10.2. The van der Waals surface area contributed by atoms with E-state index in [2.05, 4.69) is 10.6 Å². The molecule has 0 bridgehead atoms. The highest BCUT2D eigenvalue weighted by Crippen LogP contribution is 2.33. The van der Waals surface area contributed by atoms with Crippen molar-refractivity contribution in [3.8, 4) is 0 Å². The van der Waals surface area contributed by atoms with E-state index in [1.165, 1.54) is 0 Å². The van der Waals surface area contributed by atoms with E-state index in [0.717, 1.165) is 17.7 Å². The molecule has 2 aromatic rings. The molecule has 0 aliphatic carbocycles. The van der Waals surface area contributed by atoms with Crippen molar-refractivity contribution in [1.29, 1.82) is 0 Å². The highest BCUT2D eigenvalue weighted by Gasteiger charge is 2.31. The molecule has 10 heteroatoms. The van der Waals surface area contributed by atoms with Crippen molar-refractivity contribution in [1.82, 2.24) is 5.32 Å². The number of rotatable bonds is 8. The third-order valence-electron chi connectivity index (χ3n) is 3.82. The number of carbonyl (C=O) groups is 3. The molecule has 2 amide bonds. The largest absolute Gasteiger partial charge is 0.456 e. The fourth-order valence-corrected chi connectivity index (χ4v) is 2.47. The Kier molecular flexibility index (Phi) is 8.23. The Balaban J connectivity index is 1.73. The summed E-state index contributed by atoms with van der Waals surface area (Å²) in [6.07, 6.45) is -4.98. The monoisotopic (exact) mass is 442 g/mol. The van der Waals surface area contributed by atoms with E-state index < -0.39 is 30.2 Å². The summed E-state index contributed by atoms with van der Waals surface area (Å²) in [7, 11) is 0. The SMILES string of the molecule is O=C(CCC(=O)OCC(=O)Nc1cc(C(F)(F)F)ccc1Cl)NCc1ccccc1. The second kappa shape index (κ2) is 10.6. The van der Waals surface area contributed by atoms with Crippen LogP contribution in [0.5, 0.6) is 0 Å². The van der Waals surface area contributed by atoms with Crippen molar-refractivity contribution in [2.24, 2.45) is 0 Å². The number of hydrogen-bond acceptors (Lipinski definition) is 4. The fourth-order valence-electron chi connectivity index (χ4n) is 2.30. The van der Waals surface area contributed by atoms with E-state index in [0.29, 0.717) is 12.6 Å². The third kappa shape index (κ3) is 7.75. The first-order valence-electron chi connectivity index (χ1n) is 8.78. The Labute approximate surface area is 175 Å². The van der Waals surface area contributed by atoms with Gasteiger partial charge in [0.15, 0.2) is 6.61 Å². The molecule has 2 aromatic carbocycles. The van der Waals surface area contributed by atoms with E-state index in [4.69, 9.17) is 16.3 Å². The van der Waals surface area contributed by atoms with E-state index in [-0.39, 0.29) is 29.5 Å². The van der Waals surface area contributed by atoms with Crippen LogP contribution < -0.4 is 10.6 Å². The van der Waals surface area contributed by atoms with Gasteiger partial charge in [0, 0.05) is 13.0 Å². The Morgan fingerprint density at radius 1 is 0.967 bits per heavy atom. The van der Waals surface area contributed by atoms with Gasteiger partial charge in [-0.25, -0.2) is 0 Å². The molecular weight excluding hydrogens is 425 g/mol. The standard InChI is InChI=1S/C20H18ClF3N2O4/c21-15-7-6-14(20(22,23)24)10-16(15)26-18(28)12-30-19(29)9-8-17(27)25-11-13-4-2-1-3-5-13/h1-7,10H,8-9,11-12H2,(H,25,27)(H,26,28). The van der Waals surface area contributed by atoms with Crippen molar-refractivity contribution in [3.05, 3.63) is 64.7 Å². The quantitative estimate of drug-likeness (QED) is 0.606. The minimum Gasteiger partial charge on any atom is -0.456 e. The van der Waals surface area contributed by atoms with Gasteiger partial charge in [0.25, 0.3) is 5.91 Å². The molecule has 160 valence electrons. The fraction of sp³-hybridized carbons (Fsp3) is 0.250. The molecule has 0 saturated heterocycles. The molecule has 6 nitrogen and oxygen atoms in total. The van der Waals surface area contributed by atoms with Gasteiger partial charge in [-0.2, -0.15) is 13.2 Å². The molecule has 2 rings (SSSR count). The van der Waals surface area contributed by atoms with Gasteiger partial charge in [0.2, 0.25) is 5.91 Å². The summed E-state index contributed by atoms with van der Waals surface area (Å²) >= 11 is 5.78. The summed E-state index contributed by atoms with van der Waals surface area (Å²) in [4.78, 5) is 35.2. The maximum absolute atomic E-state index is 12.7. The average Bonchev–Trinajstić information content (AvgIpc) is 2.70. The summed E-state index contributed by atoms with van der Waals surface area (Å²) in [6.45, 7) is -0.411. The smallest absolute Gasteiger partial charge is 0.416 e. The van der Waals surface area contributed by atoms with Gasteiger partial charge < -0.3 is 15.4 Å². The summed E-state index contributed by atoms with van der Waals surface area (Å²) in [5.74, 6) is -2.02. The predicted octanol–water partition coefficient (Wildman–Crippen LogP) is 3.94. The normalized spacial score (nSPS) is 10.9. The number of anilines is 1. The van der Waals surface area contributed by atoms with E-state index in [9.17, 15) is 27.6 Å². The number of hydrogen-bond donors (Lipinski definition) is 2. The van der Waals surface area contributed by atoms with Crippen molar-refractivity contribution in [3.63, 3.8) is 0 Å². The lowest BCUT2D eigenvalue weighted by Gasteiger charge is -2.12. The van der Waals surface area contributed by atoms with Crippen molar-refractivity contribution in [2.75, 3.05) is 11.9 Å². The number of nitrogens with one attached hydrogen (secondary N) is 2. The lowest BCUT2D eigenvalue weighted by molar-refractivity contribution is -0.148. The number of ether oxygens (including phenoxy) is 1. The first kappa shape index (κ1) is 23.2. The minimum atomic E-state index is -4.60. The van der Waals surface area contributed by atoms with Gasteiger partial charge in [0.1, 0.15) is 0 Å². The highest BCUT2D eigenvalue weighted by atomic mass is 35.5. The van der Waals surface area contributed by atoms with Crippen LogP contribution in [0, 0.1) is 0 Å². The minimum absolute atomic E-state index is 0.0993. The molecule has 0 aliphatic heterocycles. The summed E-state index contributed by atoms with van der Waals surface area (Å²) in [6, 6.07) is 11.6. The van der Waals surface area contributed by atoms with Crippen LogP contribution in [-0.2, 0) is 31.8 Å². The number of benzene rings is 2. The third-order valence-corrected chi connectivity index (χ3v) is 4.15. The molecule has 0 aliphatic rings. The van der Waals surface area contributed by atoms with Crippen LogP contribution in [0.15, 0.2) is 48.5 Å². The first-order valence-corrected chi connectivity index (χ1v) is 9.16. The van der Waals surface area contributed by atoms with Crippen LogP contribution in [0.3, 0.4) is 0 Å². The van der Waals surface area contributed by atoms with Crippen molar-refractivity contribution in [2.45, 2.75) is 25.6 Å². The highest BCUT2D eigenvalue weighted by molar-refractivity contribution is 6.33. The Morgan fingerprint density at radius 3 is 2.33 bits per heavy atom. The summed E-state index contributed by atoms with van der Waals surface area (Å²) < 4.78 is 42.9. The predicted molar refractivity (Wildman–Crippen MR) is 104 cm³/mol. The molecule has 0 atom stereocenters. The maximum Gasteiger partial charge on any atom is 0.416 e. The van der Waals surface area contributed by atoms with E-state index >= 15 is 0 Å². The van der Waals surface area contributed by atoms with Gasteiger partial charge in [-0.15, -0.1) is 0 Å². The summed E-state index contributed by atoms with van der Waals surface area (Å²) in [5, 5.41) is 4.70. The lowest BCUT2D eigenvalue weighted by Crippen LogP contribution is -2.25. The zero-order valence-electron chi connectivity index (χ0n) is 15.6. The van der Waals surface area contributed by atoms with Gasteiger partial charge in [0.05, 0.1) is 22.7 Å².